The van der Waals surface area contributed by atoms with Crippen LogP contribution in [0, 0.1) is 0 Å². The molecule has 0 saturated carbocycles. The first-order valence-electron chi connectivity index (χ1n) is 6.85. The lowest BCUT2D eigenvalue weighted by atomic mass is 10.1. The van der Waals surface area contributed by atoms with Gasteiger partial charge in [0.15, 0.2) is 14.1 Å². The summed E-state index contributed by atoms with van der Waals surface area (Å²) in [4.78, 5) is 0. The number of ether oxygens (including phenoxy) is 2. The maximum absolute atomic E-state index is 6.19. The van der Waals surface area contributed by atoms with Gasteiger partial charge in [0.1, 0.15) is 0 Å². The van der Waals surface area contributed by atoms with Crippen molar-refractivity contribution in [1.29, 1.82) is 0 Å². The molecular weight excluding hydrogens is 244 g/mol. The van der Waals surface area contributed by atoms with Crippen LogP contribution in [0.4, 0.5) is 0 Å². The minimum atomic E-state index is -1.64. The van der Waals surface area contributed by atoms with Crippen molar-refractivity contribution in [2.24, 2.45) is 0 Å². The molecule has 1 saturated heterocycles. The molecule has 0 radical (unpaired) electrons. The van der Waals surface area contributed by atoms with Gasteiger partial charge >= 0.3 is 0 Å². The zero-order valence-electron chi connectivity index (χ0n) is 13.3. The molecule has 1 unspecified atom stereocenters. The lowest BCUT2D eigenvalue weighted by Gasteiger charge is -2.37. The zero-order valence-corrected chi connectivity index (χ0v) is 14.3. The predicted molar refractivity (Wildman–Crippen MR) is 77.3 cm³/mol. The van der Waals surface area contributed by atoms with E-state index in [0.29, 0.717) is 6.61 Å². The molecule has 0 aromatic carbocycles. The van der Waals surface area contributed by atoms with Gasteiger partial charge in [0.2, 0.25) is 0 Å². The van der Waals surface area contributed by atoms with Crippen LogP contribution in [0.3, 0.4) is 0 Å². The van der Waals surface area contributed by atoms with Gasteiger partial charge in [-0.3, -0.25) is 0 Å². The third kappa shape index (κ3) is 4.05. The van der Waals surface area contributed by atoms with Gasteiger partial charge in [0.25, 0.3) is 0 Å². The van der Waals surface area contributed by atoms with E-state index in [9.17, 15) is 0 Å². The molecule has 0 bridgehead atoms. The Hall–Kier alpha value is 0.0969. The second-order valence-corrected chi connectivity index (χ2v) is 12.4. The Morgan fingerprint density at radius 2 is 1.72 bits per heavy atom. The van der Waals surface area contributed by atoms with Gasteiger partial charge in [-0.1, -0.05) is 20.8 Å². The molecule has 0 aromatic heterocycles. The summed E-state index contributed by atoms with van der Waals surface area (Å²) in [6, 6.07) is 0. The zero-order chi connectivity index (χ0) is 14.2. The maximum Gasteiger partial charge on any atom is 0.191 e. The molecule has 1 fully saturated rings. The fourth-order valence-corrected chi connectivity index (χ4v) is 2.89. The van der Waals surface area contributed by atoms with Crippen LogP contribution in [0.25, 0.3) is 0 Å². The Balaban J connectivity index is 2.44. The van der Waals surface area contributed by atoms with Crippen LogP contribution in [0.5, 0.6) is 0 Å². The van der Waals surface area contributed by atoms with E-state index in [0.717, 1.165) is 13.0 Å². The van der Waals surface area contributed by atoms with E-state index >= 15 is 0 Å². The summed E-state index contributed by atoms with van der Waals surface area (Å²) in [6.45, 7) is 18.8. The van der Waals surface area contributed by atoms with Crippen molar-refractivity contribution >= 4 is 8.32 Å². The molecule has 108 valence electrons. The van der Waals surface area contributed by atoms with E-state index in [2.05, 4.69) is 40.8 Å². The first-order chi connectivity index (χ1) is 7.87. The minimum absolute atomic E-state index is 0.203. The summed E-state index contributed by atoms with van der Waals surface area (Å²) in [5, 5.41) is 0.264. The summed E-state index contributed by atoms with van der Waals surface area (Å²) in [6.07, 6.45) is 0.892. The van der Waals surface area contributed by atoms with Crippen LogP contribution in [0.1, 0.15) is 48.0 Å². The maximum atomic E-state index is 6.19. The first-order valence-corrected chi connectivity index (χ1v) is 9.76. The fraction of sp³-hybridized carbons (Fsp3) is 1.00. The Kier molecular flexibility index (Phi) is 4.39. The summed E-state index contributed by atoms with van der Waals surface area (Å²) >= 11 is 0. The van der Waals surface area contributed by atoms with Crippen molar-refractivity contribution < 1.29 is 13.9 Å². The first kappa shape index (κ1) is 16.2. The molecule has 1 atom stereocenters. The monoisotopic (exact) mass is 274 g/mol. The van der Waals surface area contributed by atoms with E-state index < -0.39 is 14.1 Å². The Morgan fingerprint density at radius 3 is 2.11 bits per heavy atom. The normalized spacial score (nSPS) is 28.7. The quantitative estimate of drug-likeness (QED) is 0.727. The van der Waals surface area contributed by atoms with Gasteiger partial charge in [0, 0.05) is 13.0 Å². The fourth-order valence-electron chi connectivity index (χ4n) is 1.84. The summed E-state index contributed by atoms with van der Waals surface area (Å²) in [5.74, 6) is -0.453. The molecule has 0 spiro atoms. The molecule has 4 heteroatoms. The SMILES string of the molecule is CC1(CCO[Si](C)(C)C(C)(C)C)COC(C)(C)O1. The van der Waals surface area contributed by atoms with E-state index in [1.54, 1.807) is 0 Å². The molecule has 0 N–H and O–H groups in total. The average Bonchev–Trinajstić information content (AvgIpc) is 2.38. The number of hydrogen-bond acceptors (Lipinski definition) is 3. The molecule has 1 rings (SSSR count). The second kappa shape index (κ2) is 4.89. The van der Waals surface area contributed by atoms with E-state index in [4.69, 9.17) is 13.9 Å². The molecule has 0 amide bonds. The molecule has 1 aliphatic rings. The Bertz CT molecular complexity index is 294. The van der Waals surface area contributed by atoms with Gasteiger partial charge in [-0.2, -0.15) is 0 Å². The largest absolute Gasteiger partial charge is 0.417 e. The van der Waals surface area contributed by atoms with Crippen LogP contribution in [-0.2, 0) is 13.9 Å². The third-order valence-corrected chi connectivity index (χ3v) is 8.66. The standard InChI is InChI=1S/C14H30O3Si/c1-12(2,3)18(7,8)16-10-9-14(6)11-15-13(4,5)17-14/h9-11H2,1-8H3. The smallest absolute Gasteiger partial charge is 0.191 e. The lowest BCUT2D eigenvalue weighted by molar-refractivity contribution is -0.159. The van der Waals surface area contributed by atoms with Crippen LogP contribution in [-0.4, -0.2) is 32.9 Å². The van der Waals surface area contributed by atoms with Crippen LogP contribution in [0.15, 0.2) is 0 Å². The van der Waals surface area contributed by atoms with Crippen LogP contribution < -0.4 is 0 Å². The van der Waals surface area contributed by atoms with Crippen molar-refractivity contribution in [1.82, 2.24) is 0 Å². The predicted octanol–water partition coefficient (Wildman–Crippen LogP) is 3.94. The van der Waals surface area contributed by atoms with E-state index in [-0.39, 0.29) is 10.6 Å². The van der Waals surface area contributed by atoms with E-state index in [1.165, 1.54) is 0 Å². The summed E-state index contributed by atoms with van der Waals surface area (Å²) < 4.78 is 17.8. The van der Waals surface area contributed by atoms with Crippen LogP contribution in [0.2, 0.25) is 18.1 Å². The summed E-state index contributed by atoms with van der Waals surface area (Å²) in [5.41, 5.74) is -0.203. The molecule has 18 heavy (non-hydrogen) atoms. The highest BCUT2D eigenvalue weighted by Crippen LogP contribution is 2.38. The van der Waals surface area contributed by atoms with Gasteiger partial charge in [-0.25, -0.2) is 0 Å². The van der Waals surface area contributed by atoms with Crippen molar-refractivity contribution in [3.8, 4) is 0 Å². The number of rotatable bonds is 4. The van der Waals surface area contributed by atoms with Gasteiger partial charge in [-0.15, -0.1) is 0 Å². The van der Waals surface area contributed by atoms with E-state index in [1.807, 2.05) is 13.8 Å². The Morgan fingerprint density at radius 1 is 1.17 bits per heavy atom. The van der Waals surface area contributed by atoms with Gasteiger partial charge in [-0.05, 0) is 38.9 Å². The molecule has 0 aliphatic carbocycles. The number of hydrogen-bond donors (Lipinski definition) is 0. The second-order valence-electron chi connectivity index (χ2n) is 7.60. The molecule has 1 heterocycles. The van der Waals surface area contributed by atoms with Crippen molar-refractivity contribution in [2.75, 3.05) is 13.2 Å². The highest BCUT2D eigenvalue weighted by atomic mass is 28.4. The Labute approximate surface area is 113 Å². The highest BCUT2D eigenvalue weighted by molar-refractivity contribution is 6.74. The minimum Gasteiger partial charge on any atom is -0.417 e. The highest BCUT2D eigenvalue weighted by Gasteiger charge is 2.43. The topological polar surface area (TPSA) is 27.7 Å². The molecule has 1 aliphatic heterocycles. The summed E-state index contributed by atoms with van der Waals surface area (Å²) in [7, 11) is -1.64. The van der Waals surface area contributed by atoms with Gasteiger partial charge in [0.05, 0.1) is 12.2 Å². The lowest BCUT2D eigenvalue weighted by Crippen LogP contribution is -2.42. The van der Waals surface area contributed by atoms with Crippen molar-refractivity contribution in [3.05, 3.63) is 0 Å². The van der Waals surface area contributed by atoms with Gasteiger partial charge < -0.3 is 13.9 Å². The van der Waals surface area contributed by atoms with Crippen molar-refractivity contribution in [3.63, 3.8) is 0 Å². The van der Waals surface area contributed by atoms with Crippen molar-refractivity contribution in [2.45, 2.75) is 77.5 Å². The average molecular weight is 274 g/mol. The molecular formula is C14H30O3Si. The van der Waals surface area contributed by atoms with Crippen LogP contribution >= 0.6 is 0 Å². The third-order valence-electron chi connectivity index (χ3n) is 4.12. The molecule has 0 aromatic rings. The molecule has 3 nitrogen and oxygen atoms in total.